The fraction of sp³-hybridized carbons (Fsp3) is 0.417. The van der Waals surface area contributed by atoms with Crippen molar-refractivity contribution in [2.75, 3.05) is 25.5 Å². The molecule has 0 atom stereocenters. The monoisotopic (exact) mass is 221 g/mol. The van der Waals surface area contributed by atoms with E-state index in [0.717, 1.165) is 24.2 Å². The molecule has 0 aromatic heterocycles. The van der Waals surface area contributed by atoms with Crippen LogP contribution in [-0.2, 0) is 11.2 Å². The highest BCUT2D eigenvalue weighted by molar-refractivity contribution is 5.80. The molecule has 4 nitrogen and oxygen atoms in total. The van der Waals surface area contributed by atoms with Crippen LogP contribution in [0, 0.1) is 0 Å². The van der Waals surface area contributed by atoms with E-state index in [1.54, 1.807) is 7.05 Å². The van der Waals surface area contributed by atoms with Gasteiger partial charge < -0.3 is 16.4 Å². The summed E-state index contributed by atoms with van der Waals surface area (Å²) in [6, 6.07) is 7.83. The van der Waals surface area contributed by atoms with Crippen LogP contribution in [0.2, 0.25) is 0 Å². The number of carbonyl (C=O) groups excluding carboxylic acids is 1. The summed E-state index contributed by atoms with van der Waals surface area (Å²) < 4.78 is 0. The van der Waals surface area contributed by atoms with E-state index in [1.165, 1.54) is 0 Å². The Morgan fingerprint density at radius 2 is 2.12 bits per heavy atom. The molecule has 0 bridgehead atoms. The number of hydrogen-bond donors (Lipinski definition) is 3. The Kier molecular flexibility index (Phi) is 5.36. The lowest BCUT2D eigenvalue weighted by Crippen LogP contribution is -2.20. The van der Waals surface area contributed by atoms with Crippen LogP contribution in [0.3, 0.4) is 0 Å². The Labute approximate surface area is 96.2 Å². The molecule has 0 spiro atoms. The molecule has 1 aromatic rings. The standard InChI is InChI=1S/C12H19N3O/c1-14-12(16)9-10-5-2-3-6-11(10)15-8-4-7-13/h2-3,5-6,15H,4,7-9,13H2,1H3,(H,14,16). The number of rotatable bonds is 6. The number of amides is 1. The van der Waals surface area contributed by atoms with Gasteiger partial charge in [-0.2, -0.15) is 0 Å². The van der Waals surface area contributed by atoms with Crippen LogP contribution in [0.1, 0.15) is 12.0 Å². The quantitative estimate of drug-likeness (QED) is 0.621. The van der Waals surface area contributed by atoms with E-state index in [-0.39, 0.29) is 5.91 Å². The molecule has 0 aliphatic heterocycles. The van der Waals surface area contributed by atoms with Crippen molar-refractivity contribution in [3.8, 4) is 0 Å². The van der Waals surface area contributed by atoms with Crippen LogP contribution in [0.4, 0.5) is 5.69 Å². The Morgan fingerprint density at radius 3 is 2.81 bits per heavy atom. The summed E-state index contributed by atoms with van der Waals surface area (Å²) in [4.78, 5) is 11.3. The number of anilines is 1. The second kappa shape index (κ2) is 6.85. The number of para-hydroxylation sites is 1. The van der Waals surface area contributed by atoms with Crippen molar-refractivity contribution < 1.29 is 4.79 Å². The van der Waals surface area contributed by atoms with Crippen LogP contribution in [0.15, 0.2) is 24.3 Å². The molecule has 88 valence electrons. The molecule has 0 heterocycles. The van der Waals surface area contributed by atoms with Gasteiger partial charge in [0, 0.05) is 19.3 Å². The first-order valence-corrected chi connectivity index (χ1v) is 5.50. The van der Waals surface area contributed by atoms with Gasteiger partial charge in [0.15, 0.2) is 0 Å². The van der Waals surface area contributed by atoms with Gasteiger partial charge in [-0.05, 0) is 24.6 Å². The zero-order valence-electron chi connectivity index (χ0n) is 9.62. The fourth-order valence-electron chi connectivity index (χ4n) is 1.43. The van der Waals surface area contributed by atoms with Crippen molar-refractivity contribution >= 4 is 11.6 Å². The van der Waals surface area contributed by atoms with Crippen molar-refractivity contribution in [2.45, 2.75) is 12.8 Å². The Bertz CT molecular complexity index is 339. The minimum atomic E-state index is 0.0214. The maximum Gasteiger partial charge on any atom is 0.224 e. The van der Waals surface area contributed by atoms with Crippen molar-refractivity contribution in [2.24, 2.45) is 5.73 Å². The predicted molar refractivity (Wildman–Crippen MR) is 66.4 cm³/mol. The van der Waals surface area contributed by atoms with E-state index >= 15 is 0 Å². The molecule has 0 saturated heterocycles. The van der Waals surface area contributed by atoms with E-state index in [1.807, 2.05) is 24.3 Å². The van der Waals surface area contributed by atoms with Gasteiger partial charge in [0.1, 0.15) is 0 Å². The molecular weight excluding hydrogens is 202 g/mol. The summed E-state index contributed by atoms with van der Waals surface area (Å²) in [7, 11) is 1.65. The van der Waals surface area contributed by atoms with Crippen LogP contribution < -0.4 is 16.4 Å². The summed E-state index contributed by atoms with van der Waals surface area (Å²) in [6.45, 7) is 1.51. The lowest BCUT2D eigenvalue weighted by molar-refractivity contribution is -0.119. The van der Waals surface area contributed by atoms with E-state index in [9.17, 15) is 4.79 Å². The van der Waals surface area contributed by atoms with E-state index < -0.39 is 0 Å². The van der Waals surface area contributed by atoms with E-state index in [0.29, 0.717) is 13.0 Å². The summed E-state index contributed by atoms with van der Waals surface area (Å²) in [5.74, 6) is 0.0214. The Balaban J connectivity index is 2.63. The first kappa shape index (κ1) is 12.5. The first-order valence-electron chi connectivity index (χ1n) is 5.50. The van der Waals surface area contributed by atoms with E-state index in [2.05, 4.69) is 10.6 Å². The van der Waals surface area contributed by atoms with Crippen LogP contribution >= 0.6 is 0 Å². The summed E-state index contributed by atoms with van der Waals surface area (Å²) in [5, 5.41) is 5.90. The molecule has 16 heavy (non-hydrogen) atoms. The average molecular weight is 221 g/mol. The third-order valence-electron chi connectivity index (χ3n) is 2.34. The highest BCUT2D eigenvalue weighted by atomic mass is 16.1. The average Bonchev–Trinajstić information content (AvgIpc) is 2.31. The van der Waals surface area contributed by atoms with Crippen molar-refractivity contribution in [3.05, 3.63) is 29.8 Å². The third kappa shape index (κ3) is 3.90. The lowest BCUT2D eigenvalue weighted by Gasteiger charge is -2.10. The van der Waals surface area contributed by atoms with Crippen molar-refractivity contribution in [3.63, 3.8) is 0 Å². The van der Waals surface area contributed by atoms with Gasteiger partial charge in [-0.3, -0.25) is 4.79 Å². The molecule has 0 aliphatic carbocycles. The number of hydrogen-bond acceptors (Lipinski definition) is 3. The second-order valence-electron chi connectivity index (χ2n) is 3.58. The van der Waals surface area contributed by atoms with Crippen LogP contribution in [-0.4, -0.2) is 26.0 Å². The normalized spacial score (nSPS) is 9.88. The minimum absolute atomic E-state index is 0.0214. The summed E-state index contributed by atoms with van der Waals surface area (Å²) in [6.07, 6.45) is 1.33. The minimum Gasteiger partial charge on any atom is -0.385 e. The Hall–Kier alpha value is -1.55. The third-order valence-corrected chi connectivity index (χ3v) is 2.34. The zero-order valence-corrected chi connectivity index (χ0v) is 9.62. The molecule has 1 amide bonds. The maximum atomic E-state index is 11.3. The van der Waals surface area contributed by atoms with Gasteiger partial charge in [0.25, 0.3) is 0 Å². The van der Waals surface area contributed by atoms with Crippen LogP contribution in [0.25, 0.3) is 0 Å². The Morgan fingerprint density at radius 1 is 1.38 bits per heavy atom. The fourth-order valence-corrected chi connectivity index (χ4v) is 1.43. The predicted octanol–water partition coefficient (Wildman–Crippen LogP) is 0.736. The molecular formula is C12H19N3O. The van der Waals surface area contributed by atoms with Gasteiger partial charge in [-0.15, -0.1) is 0 Å². The van der Waals surface area contributed by atoms with Gasteiger partial charge in [-0.25, -0.2) is 0 Å². The topological polar surface area (TPSA) is 67.2 Å². The highest BCUT2D eigenvalue weighted by Crippen LogP contribution is 2.15. The molecule has 0 unspecified atom stereocenters. The molecule has 0 radical (unpaired) electrons. The molecule has 4 heteroatoms. The molecule has 0 saturated carbocycles. The van der Waals surface area contributed by atoms with Crippen molar-refractivity contribution in [1.29, 1.82) is 0 Å². The van der Waals surface area contributed by atoms with Crippen molar-refractivity contribution in [1.82, 2.24) is 5.32 Å². The zero-order chi connectivity index (χ0) is 11.8. The van der Waals surface area contributed by atoms with Gasteiger partial charge in [-0.1, -0.05) is 18.2 Å². The maximum absolute atomic E-state index is 11.3. The van der Waals surface area contributed by atoms with Crippen LogP contribution in [0.5, 0.6) is 0 Å². The lowest BCUT2D eigenvalue weighted by atomic mass is 10.1. The largest absolute Gasteiger partial charge is 0.385 e. The van der Waals surface area contributed by atoms with E-state index in [4.69, 9.17) is 5.73 Å². The second-order valence-corrected chi connectivity index (χ2v) is 3.58. The number of likely N-dealkylation sites (N-methyl/N-ethyl adjacent to an activating group) is 1. The molecule has 1 rings (SSSR count). The highest BCUT2D eigenvalue weighted by Gasteiger charge is 2.05. The molecule has 4 N–H and O–H groups in total. The number of benzene rings is 1. The summed E-state index contributed by atoms with van der Waals surface area (Å²) >= 11 is 0. The molecule has 0 fully saturated rings. The number of carbonyl (C=O) groups is 1. The smallest absolute Gasteiger partial charge is 0.224 e. The first-order chi connectivity index (χ1) is 7.77. The van der Waals surface area contributed by atoms with Gasteiger partial charge in [0.05, 0.1) is 6.42 Å². The number of nitrogens with one attached hydrogen (secondary N) is 2. The number of nitrogens with two attached hydrogens (primary N) is 1. The van der Waals surface area contributed by atoms with Gasteiger partial charge >= 0.3 is 0 Å². The van der Waals surface area contributed by atoms with Gasteiger partial charge in [0.2, 0.25) is 5.91 Å². The molecule has 1 aromatic carbocycles. The molecule has 0 aliphatic rings. The summed E-state index contributed by atoms with van der Waals surface area (Å²) in [5.41, 5.74) is 7.46. The SMILES string of the molecule is CNC(=O)Cc1ccccc1NCCCN.